The minimum atomic E-state index is -1.35. The summed E-state index contributed by atoms with van der Waals surface area (Å²) in [4.78, 5) is 50.2. The maximum atomic E-state index is 13.0. The number of amides is 3. The first-order valence-electron chi connectivity index (χ1n) is 11.8. The number of thioether (sulfide) groups is 1. The van der Waals surface area contributed by atoms with Gasteiger partial charge < -0.3 is 31.9 Å². The van der Waals surface area contributed by atoms with Crippen LogP contribution in [0.15, 0.2) is 60.7 Å². The Morgan fingerprint density at radius 3 is 1.78 bits per heavy atom. The van der Waals surface area contributed by atoms with Crippen molar-refractivity contribution < 1.29 is 29.4 Å². The molecule has 4 atom stereocenters. The zero-order valence-electron chi connectivity index (χ0n) is 20.6. The number of hydrogen-bond donors (Lipinski definition) is 6. The quantitative estimate of drug-likeness (QED) is 0.188. The Hall–Kier alpha value is -3.41. The molecule has 3 amide bonds. The van der Waals surface area contributed by atoms with Gasteiger partial charge in [-0.15, -0.1) is 0 Å². The van der Waals surface area contributed by atoms with Crippen LogP contribution in [0.1, 0.15) is 17.5 Å². The van der Waals surface area contributed by atoms with E-state index in [0.717, 1.165) is 11.1 Å². The standard InChI is InChI=1S/C26H34N4O6S/c1-37-13-12-20(26(35)36)28-24(33)21(15-18-10-6-3-7-11-18)29-25(34)22(16-31)30-23(32)19(27)14-17-8-4-2-5-9-17/h2-11,19-22,31H,12-16,27H2,1H3,(H,28,33)(H,29,34)(H,30,32)(H,35,36). The van der Waals surface area contributed by atoms with E-state index >= 15 is 0 Å². The van der Waals surface area contributed by atoms with Gasteiger partial charge in [0.1, 0.15) is 18.1 Å². The molecule has 11 heteroatoms. The van der Waals surface area contributed by atoms with E-state index in [1.807, 2.05) is 36.6 Å². The normalized spacial score (nSPS) is 14.0. The van der Waals surface area contributed by atoms with Gasteiger partial charge in [-0.2, -0.15) is 11.8 Å². The number of benzene rings is 2. The Bertz CT molecular complexity index is 1020. The van der Waals surface area contributed by atoms with Crippen molar-refractivity contribution in [3.63, 3.8) is 0 Å². The van der Waals surface area contributed by atoms with Crippen molar-refractivity contribution in [1.82, 2.24) is 16.0 Å². The molecule has 0 aliphatic rings. The minimum Gasteiger partial charge on any atom is -0.480 e. The molecule has 0 bridgehead atoms. The predicted molar refractivity (Wildman–Crippen MR) is 142 cm³/mol. The summed E-state index contributed by atoms with van der Waals surface area (Å²) in [5.41, 5.74) is 7.55. The average Bonchev–Trinajstić information content (AvgIpc) is 2.89. The lowest BCUT2D eigenvalue weighted by molar-refractivity contribution is -0.142. The highest BCUT2D eigenvalue weighted by Crippen LogP contribution is 2.07. The molecule has 37 heavy (non-hydrogen) atoms. The number of carbonyl (C=O) groups is 4. The molecular weight excluding hydrogens is 496 g/mol. The number of aliphatic carboxylic acids is 1. The molecule has 0 aromatic heterocycles. The zero-order chi connectivity index (χ0) is 27.2. The molecule has 2 aromatic rings. The molecule has 2 aromatic carbocycles. The van der Waals surface area contributed by atoms with Crippen molar-refractivity contribution in [3.8, 4) is 0 Å². The van der Waals surface area contributed by atoms with Crippen LogP contribution in [0.5, 0.6) is 0 Å². The molecule has 0 aliphatic carbocycles. The third-order valence-electron chi connectivity index (χ3n) is 5.59. The second kappa shape index (κ2) is 15.6. The fourth-order valence-corrected chi connectivity index (χ4v) is 4.00. The van der Waals surface area contributed by atoms with E-state index in [4.69, 9.17) is 5.73 Å². The van der Waals surface area contributed by atoms with Crippen molar-refractivity contribution in [2.75, 3.05) is 18.6 Å². The fourth-order valence-electron chi connectivity index (χ4n) is 3.53. The van der Waals surface area contributed by atoms with Crippen LogP contribution in [-0.2, 0) is 32.0 Å². The summed E-state index contributed by atoms with van der Waals surface area (Å²) >= 11 is 1.45. The highest BCUT2D eigenvalue weighted by molar-refractivity contribution is 7.98. The predicted octanol–water partition coefficient (Wildman–Crippen LogP) is 0.0835. The number of carbonyl (C=O) groups excluding carboxylic acids is 3. The Labute approximate surface area is 220 Å². The third kappa shape index (κ3) is 10.2. The van der Waals surface area contributed by atoms with E-state index < -0.39 is 54.5 Å². The number of hydrogen-bond acceptors (Lipinski definition) is 7. The fraction of sp³-hybridized carbons (Fsp3) is 0.385. The van der Waals surface area contributed by atoms with Crippen molar-refractivity contribution in [3.05, 3.63) is 71.8 Å². The van der Waals surface area contributed by atoms with E-state index in [-0.39, 0.29) is 19.3 Å². The van der Waals surface area contributed by atoms with Crippen LogP contribution in [0, 0.1) is 0 Å². The second-order valence-corrected chi connectivity index (χ2v) is 9.46. The zero-order valence-corrected chi connectivity index (χ0v) is 21.4. The molecule has 4 unspecified atom stereocenters. The summed E-state index contributed by atoms with van der Waals surface area (Å²) in [6.45, 7) is -0.721. The number of nitrogens with one attached hydrogen (secondary N) is 3. The number of aliphatic hydroxyl groups is 1. The van der Waals surface area contributed by atoms with E-state index in [9.17, 15) is 29.4 Å². The Morgan fingerprint density at radius 1 is 0.784 bits per heavy atom. The highest BCUT2D eigenvalue weighted by atomic mass is 32.2. The maximum Gasteiger partial charge on any atom is 0.326 e. The molecule has 0 saturated heterocycles. The van der Waals surface area contributed by atoms with Crippen molar-refractivity contribution in [2.45, 2.75) is 43.4 Å². The SMILES string of the molecule is CSCCC(NC(=O)C(Cc1ccccc1)NC(=O)C(CO)NC(=O)C(N)Cc1ccccc1)C(=O)O. The Balaban J connectivity index is 2.10. The first kappa shape index (κ1) is 29.8. The van der Waals surface area contributed by atoms with Crippen molar-refractivity contribution in [2.24, 2.45) is 5.73 Å². The van der Waals surface area contributed by atoms with Crippen LogP contribution < -0.4 is 21.7 Å². The maximum absolute atomic E-state index is 13.0. The molecular formula is C26H34N4O6S. The van der Waals surface area contributed by atoms with Gasteiger partial charge in [-0.25, -0.2) is 4.79 Å². The lowest BCUT2D eigenvalue weighted by atomic mass is 10.0. The van der Waals surface area contributed by atoms with E-state index in [1.54, 1.807) is 30.3 Å². The van der Waals surface area contributed by atoms with E-state index in [0.29, 0.717) is 5.75 Å². The van der Waals surface area contributed by atoms with E-state index in [1.165, 1.54) is 11.8 Å². The summed E-state index contributed by atoms with van der Waals surface area (Å²) in [7, 11) is 0. The van der Waals surface area contributed by atoms with Gasteiger partial charge >= 0.3 is 5.97 Å². The van der Waals surface area contributed by atoms with Crippen molar-refractivity contribution in [1.29, 1.82) is 0 Å². The van der Waals surface area contributed by atoms with Gasteiger partial charge in [-0.05, 0) is 36.0 Å². The van der Waals surface area contributed by atoms with Gasteiger partial charge in [0.15, 0.2) is 0 Å². The summed E-state index contributed by atoms with van der Waals surface area (Å²) in [6, 6.07) is 13.4. The Morgan fingerprint density at radius 2 is 1.27 bits per heavy atom. The van der Waals surface area contributed by atoms with Crippen LogP contribution in [0.2, 0.25) is 0 Å². The molecule has 0 fully saturated rings. The van der Waals surface area contributed by atoms with Gasteiger partial charge in [0.05, 0.1) is 12.6 Å². The first-order valence-corrected chi connectivity index (χ1v) is 13.2. The molecule has 7 N–H and O–H groups in total. The molecule has 0 heterocycles. The van der Waals surface area contributed by atoms with Gasteiger partial charge in [-0.1, -0.05) is 60.7 Å². The lowest BCUT2D eigenvalue weighted by Crippen LogP contribution is -2.58. The average molecular weight is 531 g/mol. The molecule has 0 aliphatic heterocycles. The molecule has 200 valence electrons. The summed E-state index contributed by atoms with van der Waals surface area (Å²) < 4.78 is 0. The summed E-state index contributed by atoms with van der Waals surface area (Å²) in [5.74, 6) is -2.77. The van der Waals surface area contributed by atoms with Crippen molar-refractivity contribution >= 4 is 35.5 Å². The summed E-state index contributed by atoms with van der Waals surface area (Å²) in [6.07, 6.45) is 2.35. The van der Waals surface area contributed by atoms with Crippen LogP contribution in [0.4, 0.5) is 0 Å². The van der Waals surface area contributed by atoms with E-state index in [2.05, 4.69) is 16.0 Å². The van der Waals surface area contributed by atoms with Crippen LogP contribution in [-0.4, -0.2) is 76.7 Å². The number of nitrogens with two attached hydrogens (primary N) is 1. The van der Waals surface area contributed by atoms with Gasteiger partial charge in [-0.3, -0.25) is 14.4 Å². The number of rotatable bonds is 15. The third-order valence-corrected chi connectivity index (χ3v) is 6.24. The smallest absolute Gasteiger partial charge is 0.326 e. The van der Waals surface area contributed by atoms with Gasteiger partial charge in [0.2, 0.25) is 17.7 Å². The molecule has 10 nitrogen and oxygen atoms in total. The lowest BCUT2D eigenvalue weighted by Gasteiger charge is -2.24. The molecule has 2 rings (SSSR count). The Kier molecular flexibility index (Phi) is 12.6. The number of carboxylic acid groups (broad SMARTS) is 1. The van der Waals surface area contributed by atoms with Crippen LogP contribution >= 0.6 is 11.8 Å². The first-order chi connectivity index (χ1) is 17.7. The molecule has 0 spiro atoms. The van der Waals surface area contributed by atoms with Gasteiger partial charge in [0, 0.05) is 6.42 Å². The molecule has 0 saturated carbocycles. The minimum absolute atomic E-state index is 0.0763. The summed E-state index contributed by atoms with van der Waals surface area (Å²) in [5, 5.41) is 26.7. The monoisotopic (exact) mass is 530 g/mol. The van der Waals surface area contributed by atoms with Crippen LogP contribution in [0.3, 0.4) is 0 Å². The topological polar surface area (TPSA) is 171 Å². The number of aliphatic hydroxyl groups excluding tert-OH is 1. The second-order valence-electron chi connectivity index (χ2n) is 8.47. The number of carboxylic acids is 1. The largest absolute Gasteiger partial charge is 0.480 e. The highest BCUT2D eigenvalue weighted by Gasteiger charge is 2.30. The van der Waals surface area contributed by atoms with Gasteiger partial charge in [0.25, 0.3) is 0 Å². The molecule has 0 radical (unpaired) electrons. The van der Waals surface area contributed by atoms with Crippen LogP contribution in [0.25, 0.3) is 0 Å².